The number of nitrogens with one attached hydrogen (secondary N) is 1. The van der Waals surface area contributed by atoms with Crippen molar-refractivity contribution in [3.8, 4) is 0 Å². The molecular formula is C18H23N7O3S. The zero-order valence-electron chi connectivity index (χ0n) is 16.0. The summed E-state index contributed by atoms with van der Waals surface area (Å²) in [5, 5.41) is 3.66. The highest BCUT2D eigenvalue weighted by Gasteiger charge is 2.42. The number of nitrogens with zero attached hydrogens (tertiary/aromatic N) is 4. The summed E-state index contributed by atoms with van der Waals surface area (Å²) in [5.41, 5.74) is 12.2. The van der Waals surface area contributed by atoms with Crippen molar-refractivity contribution in [2.24, 2.45) is 21.5 Å². The maximum atomic E-state index is 12.6. The second kappa shape index (κ2) is 7.07. The van der Waals surface area contributed by atoms with Gasteiger partial charge in [0.1, 0.15) is 11.4 Å². The quantitative estimate of drug-likeness (QED) is 0.687. The van der Waals surface area contributed by atoms with Crippen LogP contribution in [-0.4, -0.2) is 31.2 Å². The molecule has 1 saturated carbocycles. The zero-order chi connectivity index (χ0) is 20.6. The normalized spacial score (nSPS) is 19.0. The van der Waals surface area contributed by atoms with Crippen molar-refractivity contribution in [2.75, 3.05) is 9.62 Å². The molecule has 154 valence electrons. The van der Waals surface area contributed by atoms with Crippen LogP contribution in [0.2, 0.25) is 0 Å². The molecule has 0 radical (unpaired) electrons. The summed E-state index contributed by atoms with van der Waals surface area (Å²) in [6, 6.07) is 7.91. The predicted octanol–water partition coefficient (Wildman–Crippen LogP) is 1.89. The van der Waals surface area contributed by atoms with Gasteiger partial charge in [0.05, 0.1) is 4.90 Å². The largest absolute Gasteiger partial charge is 0.369 e. The Labute approximate surface area is 168 Å². The molecule has 11 heteroatoms. The third kappa shape index (κ3) is 3.65. The fourth-order valence-electron chi connectivity index (χ4n) is 3.88. The van der Waals surface area contributed by atoms with Crippen molar-refractivity contribution in [1.82, 2.24) is 5.16 Å². The highest BCUT2D eigenvalue weighted by atomic mass is 32.2. The van der Waals surface area contributed by atoms with Crippen molar-refractivity contribution >= 4 is 33.4 Å². The summed E-state index contributed by atoms with van der Waals surface area (Å²) in [6.07, 6.45) is 4.75. The summed E-state index contributed by atoms with van der Waals surface area (Å²) in [4.78, 5) is 10.7. The van der Waals surface area contributed by atoms with Gasteiger partial charge >= 0.3 is 0 Å². The van der Waals surface area contributed by atoms with Crippen molar-refractivity contribution in [2.45, 2.75) is 49.6 Å². The molecule has 1 fully saturated rings. The van der Waals surface area contributed by atoms with E-state index in [0.29, 0.717) is 11.4 Å². The number of benzene rings is 1. The lowest BCUT2D eigenvalue weighted by Crippen LogP contribution is -2.58. The first-order valence-corrected chi connectivity index (χ1v) is 10.8. The van der Waals surface area contributed by atoms with Crippen molar-refractivity contribution < 1.29 is 12.9 Å². The summed E-state index contributed by atoms with van der Waals surface area (Å²) < 4.78 is 32.5. The molecule has 0 atom stereocenters. The molecule has 2 aliphatic rings. The molecule has 1 aliphatic heterocycles. The Bertz CT molecular complexity index is 1070. The van der Waals surface area contributed by atoms with E-state index in [4.69, 9.17) is 16.0 Å². The molecule has 0 unspecified atom stereocenters. The lowest BCUT2D eigenvalue weighted by Gasteiger charge is -2.45. The Morgan fingerprint density at radius 1 is 1.14 bits per heavy atom. The summed E-state index contributed by atoms with van der Waals surface area (Å²) in [5.74, 6) is 1.07. The van der Waals surface area contributed by atoms with E-state index in [2.05, 4.69) is 19.9 Å². The average Bonchev–Trinajstić information content (AvgIpc) is 3.06. The number of guanidine groups is 2. The van der Waals surface area contributed by atoms with E-state index < -0.39 is 15.7 Å². The Hall–Kier alpha value is -3.08. The third-order valence-electron chi connectivity index (χ3n) is 5.12. The van der Waals surface area contributed by atoms with Crippen LogP contribution in [0.1, 0.15) is 37.9 Å². The van der Waals surface area contributed by atoms with Gasteiger partial charge in [-0.2, -0.15) is 4.99 Å². The van der Waals surface area contributed by atoms with E-state index in [1.807, 2.05) is 4.90 Å². The molecular weight excluding hydrogens is 394 g/mol. The minimum absolute atomic E-state index is 0.0927. The van der Waals surface area contributed by atoms with Crippen LogP contribution in [0, 0.1) is 6.92 Å². The van der Waals surface area contributed by atoms with E-state index in [9.17, 15) is 8.42 Å². The molecule has 29 heavy (non-hydrogen) atoms. The lowest BCUT2D eigenvalue weighted by molar-refractivity contribution is 0.305. The van der Waals surface area contributed by atoms with Gasteiger partial charge in [0.15, 0.2) is 5.82 Å². The highest BCUT2D eigenvalue weighted by Crippen LogP contribution is 2.39. The van der Waals surface area contributed by atoms with Gasteiger partial charge in [0, 0.05) is 11.8 Å². The van der Waals surface area contributed by atoms with E-state index in [1.165, 1.54) is 18.2 Å². The van der Waals surface area contributed by atoms with Gasteiger partial charge in [0.25, 0.3) is 10.0 Å². The molecule has 0 amide bonds. The number of aliphatic imine (C=N–C) groups is 2. The van der Waals surface area contributed by atoms with Crippen molar-refractivity contribution in [3.05, 3.63) is 36.1 Å². The number of anilines is 2. The van der Waals surface area contributed by atoms with Crippen LogP contribution in [0.4, 0.5) is 11.5 Å². The molecule has 0 bridgehead atoms. The van der Waals surface area contributed by atoms with Gasteiger partial charge in [-0.25, -0.2) is 13.4 Å². The first kappa shape index (κ1) is 19.2. The Kier molecular flexibility index (Phi) is 4.69. The van der Waals surface area contributed by atoms with Gasteiger partial charge in [-0.15, -0.1) is 0 Å². The standard InChI is InChI=1S/C18H23N7O3S/c1-12-11-15(23-28-12)24-29(26,27)14-7-5-13(6-8-14)25-17(20)21-16(19)22-18(25)9-3-2-4-10-18/h5-8,11H,2-4,9-10H2,1H3,(H,23,24)(H4,19,20,21,22). The maximum Gasteiger partial charge on any atom is 0.263 e. The van der Waals surface area contributed by atoms with Gasteiger partial charge in [-0.05, 0) is 56.9 Å². The van der Waals surface area contributed by atoms with Crippen LogP contribution >= 0.6 is 0 Å². The smallest absolute Gasteiger partial charge is 0.263 e. The van der Waals surface area contributed by atoms with Gasteiger partial charge in [-0.3, -0.25) is 9.62 Å². The van der Waals surface area contributed by atoms with Gasteiger partial charge in [0.2, 0.25) is 11.9 Å². The second-order valence-electron chi connectivity index (χ2n) is 7.24. The van der Waals surface area contributed by atoms with Gasteiger partial charge in [-0.1, -0.05) is 11.6 Å². The molecule has 5 N–H and O–H groups in total. The van der Waals surface area contributed by atoms with Gasteiger partial charge < -0.3 is 16.0 Å². The molecule has 0 saturated heterocycles. The molecule has 4 rings (SSSR count). The minimum atomic E-state index is -3.80. The van der Waals surface area contributed by atoms with Crippen molar-refractivity contribution in [3.63, 3.8) is 0 Å². The third-order valence-corrected chi connectivity index (χ3v) is 6.49. The highest BCUT2D eigenvalue weighted by molar-refractivity contribution is 7.92. The zero-order valence-corrected chi connectivity index (χ0v) is 16.8. The summed E-state index contributed by atoms with van der Waals surface area (Å²) >= 11 is 0. The second-order valence-corrected chi connectivity index (χ2v) is 8.92. The number of aromatic nitrogens is 1. The molecule has 1 aromatic heterocycles. The molecule has 10 nitrogen and oxygen atoms in total. The first-order valence-electron chi connectivity index (χ1n) is 9.35. The number of aryl methyl sites for hydroxylation is 1. The number of hydrogen-bond acceptors (Lipinski definition) is 9. The van der Waals surface area contributed by atoms with Crippen LogP contribution in [0.3, 0.4) is 0 Å². The van der Waals surface area contributed by atoms with E-state index in [0.717, 1.165) is 32.1 Å². The molecule has 1 spiro atoms. The minimum Gasteiger partial charge on any atom is -0.369 e. The average molecular weight is 417 g/mol. The van der Waals surface area contributed by atoms with Crippen LogP contribution in [0.15, 0.2) is 49.7 Å². The van der Waals surface area contributed by atoms with E-state index in [-0.39, 0.29) is 22.6 Å². The first-order chi connectivity index (χ1) is 13.8. The summed E-state index contributed by atoms with van der Waals surface area (Å²) in [6.45, 7) is 1.68. The van der Waals surface area contributed by atoms with Crippen LogP contribution in [0.25, 0.3) is 0 Å². The lowest BCUT2D eigenvalue weighted by atomic mass is 9.87. The molecule has 2 aromatic rings. The molecule has 2 heterocycles. The van der Waals surface area contributed by atoms with Crippen molar-refractivity contribution in [1.29, 1.82) is 0 Å². The maximum absolute atomic E-state index is 12.6. The topological polar surface area (TPSA) is 152 Å². The van der Waals surface area contributed by atoms with Crippen LogP contribution in [-0.2, 0) is 10.0 Å². The Morgan fingerprint density at radius 3 is 2.45 bits per heavy atom. The Morgan fingerprint density at radius 2 is 1.83 bits per heavy atom. The monoisotopic (exact) mass is 417 g/mol. The van der Waals surface area contributed by atoms with Crippen LogP contribution < -0.4 is 21.1 Å². The number of sulfonamides is 1. The fraction of sp³-hybridized carbons (Fsp3) is 0.389. The molecule has 1 aromatic carbocycles. The number of hydrogen-bond donors (Lipinski definition) is 3. The number of rotatable bonds is 4. The Balaban J connectivity index is 1.63. The fourth-order valence-corrected chi connectivity index (χ4v) is 4.86. The van der Waals surface area contributed by atoms with Crippen LogP contribution in [0.5, 0.6) is 0 Å². The SMILES string of the molecule is Cc1cc(NS(=O)(=O)c2ccc(N3C(N)=NC(N)=NC34CCCCC4)cc2)no1. The predicted molar refractivity (Wildman–Crippen MR) is 110 cm³/mol. The molecule has 1 aliphatic carbocycles. The van der Waals surface area contributed by atoms with E-state index >= 15 is 0 Å². The van der Waals surface area contributed by atoms with E-state index in [1.54, 1.807) is 19.1 Å². The number of nitrogens with two attached hydrogens (primary N) is 2. The summed E-state index contributed by atoms with van der Waals surface area (Å²) in [7, 11) is -3.80.